The summed E-state index contributed by atoms with van der Waals surface area (Å²) in [6.45, 7) is 7.60. The molecule has 4 heteroatoms. The number of ether oxygens (including phenoxy) is 2. The van der Waals surface area contributed by atoms with Gasteiger partial charge in [-0.3, -0.25) is 4.79 Å². The summed E-state index contributed by atoms with van der Waals surface area (Å²) >= 11 is 0. The summed E-state index contributed by atoms with van der Waals surface area (Å²) in [5, 5.41) is 3.37. The predicted octanol–water partition coefficient (Wildman–Crippen LogP) is 2.12. The highest BCUT2D eigenvalue weighted by Crippen LogP contribution is 2.38. The first-order valence-electron chi connectivity index (χ1n) is 7.01. The Morgan fingerprint density at radius 2 is 2.22 bits per heavy atom. The van der Waals surface area contributed by atoms with E-state index in [-0.39, 0.29) is 12.1 Å². The molecule has 0 spiro atoms. The SMILES string of the molecule is CCNC1(C(=O)OC)CCCC1CCOC(C)C. The zero-order chi connectivity index (χ0) is 13.6. The van der Waals surface area contributed by atoms with E-state index in [1.807, 2.05) is 20.8 Å². The van der Waals surface area contributed by atoms with Crippen LogP contribution in [0.3, 0.4) is 0 Å². The third kappa shape index (κ3) is 3.45. The van der Waals surface area contributed by atoms with Gasteiger partial charge >= 0.3 is 5.97 Å². The zero-order valence-electron chi connectivity index (χ0n) is 12.1. The molecule has 18 heavy (non-hydrogen) atoms. The van der Waals surface area contributed by atoms with Gasteiger partial charge in [-0.25, -0.2) is 0 Å². The molecule has 1 N–H and O–H groups in total. The number of methoxy groups -OCH3 is 1. The average Bonchev–Trinajstić information content (AvgIpc) is 2.73. The highest BCUT2D eigenvalue weighted by molar-refractivity contribution is 5.81. The van der Waals surface area contributed by atoms with Gasteiger partial charge in [-0.05, 0) is 45.6 Å². The summed E-state index contributed by atoms with van der Waals surface area (Å²) in [5.41, 5.74) is -0.482. The minimum absolute atomic E-state index is 0.114. The van der Waals surface area contributed by atoms with E-state index >= 15 is 0 Å². The van der Waals surface area contributed by atoms with Crippen molar-refractivity contribution in [3.8, 4) is 0 Å². The van der Waals surface area contributed by atoms with E-state index in [1.54, 1.807) is 0 Å². The van der Waals surface area contributed by atoms with Crippen LogP contribution < -0.4 is 5.32 Å². The first-order chi connectivity index (χ1) is 8.56. The monoisotopic (exact) mass is 257 g/mol. The van der Waals surface area contributed by atoms with Crippen molar-refractivity contribution in [1.82, 2.24) is 5.32 Å². The maximum absolute atomic E-state index is 12.1. The number of esters is 1. The fourth-order valence-electron chi connectivity index (χ4n) is 2.99. The van der Waals surface area contributed by atoms with Gasteiger partial charge in [-0.1, -0.05) is 13.3 Å². The Morgan fingerprint density at radius 1 is 1.50 bits per heavy atom. The van der Waals surface area contributed by atoms with Crippen LogP contribution in [0, 0.1) is 5.92 Å². The number of carbonyl (C=O) groups is 1. The van der Waals surface area contributed by atoms with Crippen LogP contribution in [0.4, 0.5) is 0 Å². The van der Waals surface area contributed by atoms with E-state index in [2.05, 4.69) is 5.32 Å². The highest BCUT2D eigenvalue weighted by atomic mass is 16.5. The van der Waals surface area contributed by atoms with E-state index < -0.39 is 5.54 Å². The van der Waals surface area contributed by atoms with Gasteiger partial charge in [-0.15, -0.1) is 0 Å². The minimum atomic E-state index is -0.482. The zero-order valence-corrected chi connectivity index (χ0v) is 12.1. The molecule has 2 unspecified atom stereocenters. The van der Waals surface area contributed by atoms with Gasteiger partial charge in [0, 0.05) is 6.61 Å². The molecule has 0 heterocycles. The second kappa shape index (κ2) is 7.10. The highest BCUT2D eigenvalue weighted by Gasteiger charge is 2.48. The number of nitrogens with one attached hydrogen (secondary N) is 1. The lowest BCUT2D eigenvalue weighted by atomic mass is 9.84. The average molecular weight is 257 g/mol. The normalized spacial score (nSPS) is 27.7. The summed E-state index contributed by atoms with van der Waals surface area (Å²) in [5.74, 6) is 0.208. The summed E-state index contributed by atoms with van der Waals surface area (Å²) < 4.78 is 10.6. The number of likely N-dealkylation sites (N-methyl/N-ethyl adjacent to an activating group) is 1. The van der Waals surface area contributed by atoms with Crippen LogP contribution in [-0.2, 0) is 14.3 Å². The molecule has 0 aromatic carbocycles. The molecule has 1 aliphatic rings. The molecular formula is C14H27NO3. The predicted molar refractivity (Wildman–Crippen MR) is 71.5 cm³/mol. The van der Waals surface area contributed by atoms with Crippen LogP contribution in [-0.4, -0.2) is 37.9 Å². The number of hydrogen-bond acceptors (Lipinski definition) is 4. The molecule has 0 radical (unpaired) electrons. The molecule has 0 saturated heterocycles. The Hall–Kier alpha value is -0.610. The van der Waals surface area contributed by atoms with Gasteiger partial charge in [0.1, 0.15) is 5.54 Å². The summed E-state index contributed by atoms with van der Waals surface area (Å²) in [4.78, 5) is 12.1. The molecule has 1 saturated carbocycles. The molecule has 1 fully saturated rings. The van der Waals surface area contributed by atoms with E-state index in [4.69, 9.17) is 9.47 Å². The molecular weight excluding hydrogens is 230 g/mol. The van der Waals surface area contributed by atoms with Crippen LogP contribution in [0.25, 0.3) is 0 Å². The lowest BCUT2D eigenvalue weighted by Gasteiger charge is -2.33. The summed E-state index contributed by atoms with van der Waals surface area (Å²) in [6, 6.07) is 0. The molecule has 0 aromatic heterocycles. The molecule has 0 aliphatic heterocycles. The third-order valence-corrected chi connectivity index (χ3v) is 3.78. The number of rotatable bonds is 7. The number of hydrogen-bond donors (Lipinski definition) is 1. The van der Waals surface area contributed by atoms with Gasteiger partial charge in [0.2, 0.25) is 0 Å². The van der Waals surface area contributed by atoms with E-state index in [9.17, 15) is 4.79 Å². The fraction of sp³-hybridized carbons (Fsp3) is 0.929. The van der Waals surface area contributed by atoms with E-state index in [1.165, 1.54) is 7.11 Å². The first-order valence-corrected chi connectivity index (χ1v) is 7.01. The van der Waals surface area contributed by atoms with Gasteiger partial charge in [0.05, 0.1) is 13.2 Å². The first kappa shape index (κ1) is 15.4. The van der Waals surface area contributed by atoms with Crippen molar-refractivity contribution in [2.24, 2.45) is 5.92 Å². The van der Waals surface area contributed by atoms with Crippen molar-refractivity contribution in [1.29, 1.82) is 0 Å². The quantitative estimate of drug-likeness (QED) is 0.710. The van der Waals surface area contributed by atoms with Crippen molar-refractivity contribution < 1.29 is 14.3 Å². The molecule has 0 amide bonds. The van der Waals surface area contributed by atoms with Crippen LogP contribution in [0.15, 0.2) is 0 Å². The van der Waals surface area contributed by atoms with Crippen molar-refractivity contribution in [2.45, 2.75) is 58.1 Å². The Morgan fingerprint density at radius 3 is 2.78 bits per heavy atom. The van der Waals surface area contributed by atoms with Crippen molar-refractivity contribution in [2.75, 3.05) is 20.3 Å². The molecule has 4 nitrogen and oxygen atoms in total. The summed E-state index contributed by atoms with van der Waals surface area (Å²) in [6.07, 6.45) is 4.19. The van der Waals surface area contributed by atoms with Gasteiger partial charge in [-0.2, -0.15) is 0 Å². The minimum Gasteiger partial charge on any atom is -0.468 e. The molecule has 0 bridgehead atoms. The summed E-state index contributed by atoms with van der Waals surface area (Å²) in [7, 11) is 1.47. The second-order valence-electron chi connectivity index (χ2n) is 5.29. The van der Waals surface area contributed by atoms with Crippen LogP contribution in [0.5, 0.6) is 0 Å². The fourth-order valence-corrected chi connectivity index (χ4v) is 2.99. The molecule has 2 atom stereocenters. The van der Waals surface area contributed by atoms with E-state index in [0.717, 1.165) is 32.2 Å². The standard InChI is InChI=1S/C14H27NO3/c1-5-15-14(13(16)17-4)9-6-7-12(14)8-10-18-11(2)3/h11-12,15H,5-10H2,1-4H3. The van der Waals surface area contributed by atoms with Crippen LogP contribution in [0.2, 0.25) is 0 Å². The van der Waals surface area contributed by atoms with E-state index in [0.29, 0.717) is 12.5 Å². The Labute approximate surface area is 110 Å². The maximum Gasteiger partial charge on any atom is 0.326 e. The number of carbonyl (C=O) groups excluding carboxylic acids is 1. The topological polar surface area (TPSA) is 47.6 Å². The van der Waals surface area contributed by atoms with Crippen LogP contribution >= 0.6 is 0 Å². The Bertz CT molecular complexity index is 268. The Kier molecular flexibility index (Phi) is 6.09. The lowest BCUT2D eigenvalue weighted by molar-refractivity contribution is -0.150. The van der Waals surface area contributed by atoms with Gasteiger partial charge < -0.3 is 14.8 Å². The second-order valence-corrected chi connectivity index (χ2v) is 5.29. The van der Waals surface area contributed by atoms with Gasteiger partial charge in [0.15, 0.2) is 0 Å². The van der Waals surface area contributed by atoms with Crippen LogP contribution in [0.1, 0.15) is 46.5 Å². The van der Waals surface area contributed by atoms with Gasteiger partial charge in [0.25, 0.3) is 0 Å². The molecule has 0 aromatic rings. The smallest absolute Gasteiger partial charge is 0.326 e. The maximum atomic E-state index is 12.1. The van der Waals surface area contributed by atoms with Crippen molar-refractivity contribution in [3.63, 3.8) is 0 Å². The lowest BCUT2D eigenvalue weighted by Crippen LogP contribution is -2.55. The largest absolute Gasteiger partial charge is 0.468 e. The third-order valence-electron chi connectivity index (χ3n) is 3.78. The van der Waals surface area contributed by atoms with Crippen molar-refractivity contribution >= 4 is 5.97 Å². The molecule has 1 rings (SSSR count). The van der Waals surface area contributed by atoms with Crippen molar-refractivity contribution in [3.05, 3.63) is 0 Å². The molecule has 106 valence electrons. The Balaban J connectivity index is 2.65. The molecule has 1 aliphatic carbocycles.